The van der Waals surface area contributed by atoms with E-state index < -0.39 is 31.1 Å². The number of nitrogens with one attached hydrogen (secondary N) is 1. The van der Waals surface area contributed by atoms with Crippen molar-refractivity contribution in [2.45, 2.75) is 95.2 Å². The molecule has 1 aromatic rings. The van der Waals surface area contributed by atoms with Gasteiger partial charge in [-0.2, -0.15) is 26.3 Å². The van der Waals surface area contributed by atoms with Crippen molar-refractivity contribution in [1.82, 2.24) is 9.88 Å². The number of alkyl halides is 6. The second-order valence-electron chi connectivity index (χ2n) is 9.02. The second kappa shape index (κ2) is 20.3. The fraction of sp³-hybridized carbons (Fsp3) is 0.783. The molecule has 0 aromatic carbocycles. The number of carbonyl (C=O) groups excluding carboxylic acids is 2. The fourth-order valence-corrected chi connectivity index (χ4v) is 4.84. The van der Waals surface area contributed by atoms with E-state index in [9.17, 15) is 52.8 Å². The maximum Gasteiger partial charge on any atom is 0.480 e. The zero-order valence-electron chi connectivity index (χ0n) is 23.6. The SMILES string of the molecule is CCCCn1cc[n+](CCCCCCOC(=O)NCCCCCCN=C=O)c1.O=S(=O)([N-]S(=O)(=O)C(F)(F)F)C(F)(F)F. The lowest BCUT2D eigenvalue weighted by atomic mass is 10.2. The normalized spacial score (nSPS) is 12.2. The van der Waals surface area contributed by atoms with Gasteiger partial charge in [0.25, 0.3) is 0 Å². The zero-order chi connectivity index (χ0) is 33.0. The molecule has 1 N–H and O–H groups in total. The highest BCUT2D eigenvalue weighted by Gasteiger charge is 2.46. The Labute approximate surface area is 247 Å². The summed E-state index contributed by atoms with van der Waals surface area (Å²) in [5.74, 6) is 0. The molecule has 0 aliphatic carbocycles. The first-order chi connectivity index (χ1) is 20.0. The highest BCUT2D eigenvalue weighted by Crippen LogP contribution is 2.36. The number of aryl methyl sites for hydroxylation is 2. The van der Waals surface area contributed by atoms with Gasteiger partial charge in [0.1, 0.15) is 12.4 Å². The van der Waals surface area contributed by atoms with E-state index in [1.165, 1.54) is 18.9 Å². The summed E-state index contributed by atoms with van der Waals surface area (Å²) in [5.41, 5.74) is -12.4. The van der Waals surface area contributed by atoms with E-state index in [1.807, 2.05) is 0 Å². The molecule has 0 radical (unpaired) electrons. The summed E-state index contributed by atoms with van der Waals surface area (Å²) < 4.78 is 119. The summed E-state index contributed by atoms with van der Waals surface area (Å²) in [6.45, 7) is 6.01. The first-order valence-corrected chi connectivity index (χ1v) is 16.2. The van der Waals surface area contributed by atoms with Gasteiger partial charge >= 0.3 is 17.1 Å². The highest BCUT2D eigenvalue weighted by molar-refractivity contribution is 8.13. The van der Waals surface area contributed by atoms with Gasteiger partial charge in [0.2, 0.25) is 12.4 Å². The average Bonchev–Trinajstić information content (AvgIpc) is 3.34. The van der Waals surface area contributed by atoms with E-state index in [0.29, 0.717) is 19.7 Å². The molecule has 0 fully saturated rings. The summed E-state index contributed by atoms with van der Waals surface area (Å²) in [7, 11) is -13.4. The van der Waals surface area contributed by atoms with Gasteiger partial charge < -0.3 is 14.2 Å². The van der Waals surface area contributed by atoms with Crippen molar-refractivity contribution in [2.75, 3.05) is 19.7 Å². The number of imidazole rings is 1. The molecule has 1 rings (SSSR count). The summed E-state index contributed by atoms with van der Waals surface area (Å²) >= 11 is 0. The number of rotatable bonds is 19. The topological polar surface area (TPSA) is 159 Å². The highest BCUT2D eigenvalue weighted by atomic mass is 32.3. The van der Waals surface area contributed by atoms with Crippen molar-refractivity contribution in [3.63, 3.8) is 0 Å². The van der Waals surface area contributed by atoms with Crippen LogP contribution in [-0.2, 0) is 42.7 Å². The number of sulfonamides is 2. The van der Waals surface area contributed by atoms with Crippen molar-refractivity contribution >= 4 is 32.2 Å². The van der Waals surface area contributed by atoms with E-state index in [4.69, 9.17) is 4.74 Å². The summed E-state index contributed by atoms with van der Waals surface area (Å²) in [6, 6.07) is 0. The van der Waals surface area contributed by atoms with Crippen LogP contribution in [0.4, 0.5) is 31.1 Å². The summed E-state index contributed by atoms with van der Waals surface area (Å²) in [6.07, 6.45) is 18.2. The third kappa shape index (κ3) is 18.5. The number of hydrogen-bond donors (Lipinski definition) is 1. The lowest BCUT2D eigenvalue weighted by molar-refractivity contribution is -0.696. The number of alkyl carbamates (subject to hydrolysis) is 1. The smallest absolute Gasteiger partial charge is 0.450 e. The monoisotopic (exact) mass is 673 g/mol. The van der Waals surface area contributed by atoms with Gasteiger partial charge in [0.05, 0.1) is 26.2 Å². The van der Waals surface area contributed by atoms with Gasteiger partial charge in [0, 0.05) is 6.54 Å². The molecule has 43 heavy (non-hydrogen) atoms. The molecule has 0 atom stereocenters. The van der Waals surface area contributed by atoms with Crippen LogP contribution in [0.3, 0.4) is 0 Å². The molecule has 0 saturated carbocycles. The van der Waals surface area contributed by atoms with Gasteiger partial charge in [0.15, 0.2) is 20.0 Å². The molecule has 0 aliphatic heterocycles. The lowest BCUT2D eigenvalue weighted by Crippen LogP contribution is -2.30. The summed E-state index contributed by atoms with van der Waals surface area (Å²) in [4.78, 5) is 25.0. The predicted octanol–water partition coefficient (Wildman–Crippen LogP) is 4.82. The van der Waals surface area contributed by atoms with E-state index in [2.05, 4.69) is 45.1 Å². The Morgan fingerprint density at radius 2 is 1.51 bits per heavy atom. The molecule has 1 heterocycles. The van der Waals surface area contributed by atoms with E-state index >= 15 is 0 Å². The zero-order valence-corrected chi connectivity index (χ0v) is 25.2. The van der Waals surface area contributed by atoms with Crippen molar-refractivity contribution < 1.29 is 62.1 Å². The Balaban J connectivity index is 0.000000994. The van der Waals surface area contributed by atoms with E-state index in [-0.39, 0.29) is 6.09 Å². The van der Waals surface area contributed by atoms with Gasteiger partial charge in [-0.3, -0.25) is 0 Å². The van der Waals surface area contributed by atoms with Gasteiger partial charge in [-0.05, 0) is 44.9 Å². The van der Waals surface area contributed by atoms with Crippen LogP contribution in [0, 0.1) is 0 Å². The molecule has 0 unspecified atom stereocenters. The van der Waals surface area contributed by atoms with E-state index in [1.54, 1.807) is 0 Å². The predicted molar refractivity (Wildman–Crippen MR) is 142 cm³/mol. The number of isocyanates is 1. The number of amides is 1. The molecular formula is C23H37F6N5O7S2. The maximum absolute atomic E-state index is 11.6. The van der Waals surface area contributed by atoms with Crippen LogP contribution in [0.2, 0.25) is 0 Å². The minimum Gasteiger partial charge on any atom is -0.450 e. The van der Waals surface area contributed by atoms with Gasteiger partial charge in [-0.1, -0.05) is 26.2 Å². The number of aromatic nitrogens is 2. The third-order valence-corrected chi connectivity index (χ3v) is 8.11. The standard InChI is InChI=1S/C21H36N4O3.C2F6NO4S2/c1-2-3-14-24-16-17-25(20-24)15-10-6-7-11-18-28-21(27)23-13-9-5-4-8-12-22-19-26;3-1(4,5)14(10,11)9-15(12,13)2(6,7)8/h16-17,20H,2-15,18H2,1H3;/q;-1/p+1. The van der Waals surface area contributed by atoms with Crippen molar-refractivity contribution in [3.05, 3.63) is 22.8 Å². The average molecular weight is 674 g/mol. The van der Waals surface area contributed by atoms with Crippen LogP contribution in [0.5, 0.6) is 0 Å². The Bertz CT molecular complexity index is 1160. The Hall–Kier alpha value is -2.70. The molecule has 12 nitrogen and oxygen atoms in total. The molecule has 0 saturated heterocycles. The molecular weight excluding hydrogens is 636 g/mol. The van der Waals surface area contributed by atoms with E-state index in [0.717, 1.165) is 68.6 Å². The first-order valence-electron chi connectivity index (χ1n) is 13.3. The molecule has 0 aliphatic rings. The molecule has 0 spiro atoms. The summed E-state index contributed by atoms with van der Waals surface area (Å²) in [5, 5.41) is 2.77. The van der Waals surface area contributed by atoms with Crippen LogP contribution in [0.15, 0.2) is 23.7 Å². The minimum absolute atomic E-state index is 0.325. The fourth-order valence-electron chi connectivity index (χ4n) is 3.13. The number of carbonyl (C=O) groups is 1. The Kier molecular flexibility index (Phi) is 19.0. The minimum atomic E-state index is -6.72. The number of aliphatic imine (C=N–C) groups is 1. The van der Waals surface area contributed by atoms with Crippen LogP contribution >= 0.6 is 0 Å². The molecule has 250 valence electrons. The number of unbranched alkanes of at least 4 members (excludes halogenated alkanes) is 7. The number of ether oxygens (including phenoxy) is 1. The Morgan fingerprint density at radius 1 is 0.930 bits per heavy atom. The number of halogens is 6. The Morgan fingerprint density at radius 3 is 2.09 bits per heavy atom. The molecule has 1 aromatic heterocycles. The third-order valence-electron chi connectivity index (χ3n) is 5.37. The number of hydrogen-bond acceptors (Lipinski definition) is 8. The lowest BCUT2D eigenvalue weighted by Gasteiger charge is -2.22. The number of nitrogens with zero attached hydrogens (tertiary/aromatic N) is 4. The van der Waals surface area contributed by atoms with Gasteiger partial charge in [-0.25, -0.2) is 40.6 Å². The van der Waals surface area contributed by atoms with Crippen LogP contribution in [0.25, 0.3) is 4.13 Å². The largest absolute Gasteiger partial charge is 0.480 e. The van der Waals surface area contributed by atoms with Gasteiger partial charge in [-0.15, -0.1) is 0 Å². The second-order valence-corrected chi connectivity index (χ2v) is 12.4. The molecule has 0 bridgehead atoms. The van der Waals surface area contributed by atoms with Crippen molar-refractivity contribution in [3.8, 4) is 0 Å². The molecule has 20 heteroatoms. The maximum atomic E-state index is 11.6. The van der Waals surface area contributed by atoms with Crippen LogP contribution < -0.4 is 9.88 Å². The molecule has 1 amide bonds. The van der Waals surface area contributed by atoms with Crippen molar-refractivity contribution in [2.24, 2.45) is 4.99 Å². The van der Waals surface area contributed by atoms with Crippen LogP contribution in [0.1, 0.15) is 71.1 Å². The van der Waals surface area contributed by atoms with Crippen LogP contribution in [-0.4, -0.2) is 64.3 Å². The quantitative estimate of drug-likeness (QED) is 0.0725. The first kappa shape index (κ1) is 40.3. The van der Waals surface area contributed by atoms with Crippen molar-refractivity contribution in [1.29, 1.82) is 0 Å².